The Morgan fingerprint density at radius 1 is 1.17 bits per heavy atom. The number of nitrogens with one attached hydrogen (secondary N) is 1. The summed E-state index contributed by atoms with van der Waals surface area (Å²) < 4.78 is 10.2. The van der Waals surface area contributed by atoms with Crippen LogP contribution in [0.15, 0.2) is 47.6 Å². The largest absolute Gasteiger partial charge is 0.493 e. The maximum absolute atomic E-state index is 11.2. The van der Waals surface area contributed by atoms with E-state index in [0.29, 0.717) is 23.6 Å². The third-order valence-electron chi connectivity index (χ3n) is 3.15. The van der Waals surface area contributed by atoms with E-state index in [9.17, 15) is 10.1 Å². The summed E-state index contributed by atoms with van der Waals surface area (Å²) in [5.41, 5.74) is 4.14. The van der Waals surface area contributed by atoms with Crippen LogP contribution in [0.5, 0.6) is 11.5 Å². The van der Waals surface area contributed by atoms with Crippen molar-refractivity contribution in [2.24, 2.45) is 5.10 Å². The van der Waals surface area contributed by atoms with Crippen LogP contribution in [-0.4, -0.2) is 25.4 Å². The van der Waals surface area contributed by atoms with Crippen molar-refractivity contribution in [1.82, 2.24) is 5.43 Å². The summed E-state index contributed by atoms with van der Waals surface area (Å²) in [6.07, 6.45) is 1.39. The lowest BCUT2D eigenvalue weighted by atomic mass is 10.1. The Morgan fingerprint density at radius 3 is 2.43 bits per heavy atom. The summed E-state index contributed by atoms with van der Waals surface area (Å²) in [7, 11) is 2.90. The van der Waals surface area contributed by atoms with Gasteiger partial charge in [0.2, 0.25) is 0 Å². The molecule has 1 N–H and O–H groups in total. The number of methoxy groups -OCH3 is 2. The first-order valence-electron chi connectivity index (χ1n) is 6.86. The summed E-state index contributed by atoms with van der Waals surface area (Å²) in [5, 5.41) is 15.2. The van der Waals surface area contributed by atoms with E-state index in [0.717, 1.165) is 5.56 Å². The Bertz CT molecular complexity index is 702. The van der Waals surface area contributed by atoms with E-state index in [2.05, 4.69) is 10.5 Å². The molecule has 0 amide bonds. The molecule has 0 heterocycles. The van der Waals surface area contributed by atoms with Crippen molar-refractivity contribution in [3.8, 4) is 11.5 Å². The topological polar surface area (TPSA) is 86.0 Å². The van der Waals surface area contributed by atoms with Crippen molar-refractivity contribution < 1.29 is 14.4 Å². The summed E-state index contributed by atoms with van der Waals surface area (Å²) >= 11 is 0. The van der Waals surface area contributed by atoms with Gasteiger partial charge in [0, 0.05) is 0 Å². The highest BCUT2D eigenvalue weighted by molar-refractivity contribution is 5.86. The molecule has 2 rings (SSSR count). The number of nitrogens with zero attached hydrogens (tertiary/aromatic N) is 2. The molecular formula is C16H17N3O4. The van der Waals surface area contributed by atoms with Crippen molar-refractivity contribution in [1.29, 1.82) is 0 Å². The van der Waals surface area contributed by atoms with Crippen molar-refractivity contribution in [3.05, 3.63) is 63.7 Å². The normalized spacial score (nSPS) is 10.5. The first-order valence-corrected chi connectivity index (χ1v) is 6.86. The molecule has 0 radical (unpaired) electrons. The first kappa shape index (κ1) is 16.3. The summed E-state index contributed by atoms with van der Waals surface area (Å²) in [6, 6.07) is 12.5. The highest BCUT2D eigenvalue weighted by Gasteiger charge is 2.18. The average Bonchev–Trinajstić information content (AvgIpc) is 2.58. The highest BCUT2D eigenvalue weighted by atomic mass is 16.6. The van der Waals surface area contributed by atoms with Crippen molar-refractivity contribution in [2.45, 2.75) is 6.54 Å². The minimum absolute atomic E-state index is 0.104. The van der Waals surface area contributed by atoms with Gasteiger partial charge in [0.25, 0.3) is 5.69 Å². The fourth-order valence-electron chi connectivity index (χ4n) is 1.99. The molecule has 0 aromatic heterocycles. The molecule has 0 spiro atoms. The maximum Gasteiger partial charge on any atom is 0.282 e. The molecule has 0 aliphatic heterocycles. The van der Waals surface area contributed by atoms with Crippen LogP contribution < -0.4 is 14.9 Å². The number of benzene rings is 2. The smallest absolute Gasteiger partial charge is 0.282 e. The second-order valence-electron chi connectivity index (χ2n) is 4.60. The van der Waals surface area contributed by atoms with Gasteiger partial charge in [0.05, 0.1) is 43.5 Å². The molecule has 0 aliphatic carbocycles. The molecule has 23 heavy (non-hydrogen) atoms. The summed E-state index contributed by atoms with van der Waals surface area (Å²) in [5.74, 6) is 0.705. The van der Waals surface area contributed by atoms with Crippen LogP contribution in [-0.2, 0) is 6.54 Å². The van der Waals surface area contributed by atoms with Gasteiger partial charge in [-0.15, -0.1) is 0 Å². The number of hydrogen-bond acceptors (Lipinski definition) is 6. The minimum Gasteiger partial charge on any atom is -0.493 e. The zero-order valence-electron chi connectivity index (χ0n) is 12.9. The van der Waals surface area contributed by atoms with Gasteiger partial charge in [0.1, 0.15) is 0 Å². The molecule has 0 fully saturated rings. The van der Waals surface area contributed by atoms with Gasteiger partial charge in [-0.1, -0.05) is 30.3 Å². The van der Waals surface area contributed by atoms with Crippen LogP contribution in [0.2, 0.25) is 0 Å². The number of nitro groups is 1. The van der Waals surface area contributed by atoms with Gasteiger partial charge in [0.15, 0.2) is 11.5 Å². The lowest BCUT2D eigenvalue weighted by Crippen LogP contribution is -2.06. The quantitative estimate of drug-likeness (QED) is 0.482. The van der Waals surface area contributed by atoms with Crippen molar-refractivity contribution in [2.75, 3.05) is 14.2 Å². The molecule has 0 bridgehead atoms. The molecular weight excluding hydrogens is 298 g/mol. The Balaban J connectivity index is 2.17. The fraction of sp³-hybridized carbons (Fsp3) is 0.188. The molecule has 0 unspecified atom stereocenters. The lowest BCUT2D eigenvalue weighted by molar-refractivity contribution is -0.385. The van der Waals surface area contributed by atoms with Crippen LogP contribution in [0.4, 0.5) is 5.69 Å². The fourth-order valence-corrected chi connectivity index (χ4v) is 1.99. The van der Waals surface area contributed by atoms with Gasteiger partial charge >= 0.3 is 0 Å². The Labute approximate surface area is 133 Å². The van der Waals surface area contributed by atoms with Crippen molar-refractivity contribution >= 4 is 11.9 Å². The molecule has 0 atom stereocenters. The monoisotopic (exact) mass is 315 g/mol. The predicted octanol–water partition coefficient (Wildman–Crippen LogP) is 2.74. The van der Waals surface area contributed by atoms with Gasteiger partial charge in [-0.2, -0.15) is 5.10 Å². The number of nitro benzene ring substituents is 1. The third kappa shape index (κ3) is 4.19. The van der Waals surface area contributed by atoms with Gasteiger partial charge < -0.3 is 14.9 Å². The highest BCUT2D eigenvalue weighted by Crippen LogP contribution is 2.33. The van der Waals surface area contributed by atoms with E-state index in [1.54, 1.807) is 0 Å². The van der Waals surface area contributed by atoms with Crippen LogP contribution >= 0.6 is 0 Å². The Morgan fingerprint density at radius 2 is 1.83 bits per heavy atom. The predicted molar refractivity (Wildman–Crippen MR) is 87.1 cm³/mol. The molecule has 120 valence electrons. The molecule has 7 heteroatoms. The lowest BCUT2D eigenvalue weighted by Gasteiger charge is -2.08. The van der Waals surface area contributed by atoms with E-state index in [1.165, 1.54) is 32.6 Å². The first-order chi connectivity index (χ1) is 11.2. The van der Waals surface area contributed by atoms with E-state index in [-0.39, 0.29) is 5.69 Å². The van der Waals surface area contributed by atoms with Crippen LogP contribution in [0.25, 0.3) is 0 Å². The van der Waals surface area contributed by atoms with Gasteiger partial charge in [-0.3, -0.25) is 10.1 Å². The zero-order chi connectivity index (χ0) is 16.7. The van der Waals surface area contributed by atoms with E-state index in [1.807, 2.05) is 30.3 Å². The Hall–Kier alpha value is -3.09. The SMILES string of the molecule is COc1cc(C=NNCc2ccccc2)c([N+](=O)[O-])cc1OC. The minimum atomic E-state index is -0.486. The maximum atomic E-state index is 11.2. The molecule has 0 aliphatic rings. The number of rotatable bonds is 7. The second-order valence-corrected chi connectivity index (χ2v) is 4.60. The van der Waals surface area contributed by atoms with Crippen LogP contribution in [0.3, 0.4) is 0 Å². The molecule has 2 aromatic carbocycles. The molecule has 0 saturated heterocycles. The van der Waals surface area contributed by atoms with Crippen LogP contribution in [0.1, 0.15) is 11.1 Å². The van der Waals surface area contributed by atoms with Crippen LogP contribution in [0, 0.1) is 10.1 Å². The standard InChI is InChI=1S/C16H17N3O4/c1-22-15-8-13(14(19(20)21)9-16(15)23-2)11-18-17-10-12-6-4-3-5-7-12/h3-9,11,17H,10H2,1-2H3. The summed E-state index contributed by atoms with van der Waals surface area (Å²) in [6.45, 7) is 0.526. The van der Waals surface area contributed by atoms with Gasteiger partial charge in [-0.25, -0.2) is 0 Å². The number of hydrazone groups is 1. The van der Waals surface area contributed by atoms with Gasteiger partial charge in [-0.05, 0) is 11.6 Å². The zero-order valence-corrected chi connectivity index (χ0v) is 12.9. The third-order valence-corrected chi connectivity index (χ3v) is 3.15. The second kappa shape index (κ2) is 7.79. The average molecular weight is 315 g/mol. The number of hydrogen-bond donors (Lipinski definition) is 1. The number of ether oxygens (including phenoxy) is 2. The Kier molecular flexibility index (Phi) is 5.51. The van der Waals surface area contributed by atoms with Crippen molar-refractivity contribution in [3.63, 3.8) is 0 Å². The van der Waals surface area contributed by atoms with E-state index < -0.39 is 4.92 Å². The molecule has 2 aromatic rings. The molecule has 7 nitrogen and oxygen atoms in total. The van der Waals surface area contributed by atoms with E-state index in [4.69, 9.17) is 9.47 Å². The van der Waals surface area contributed by atoms with E-state index >= 15 is 0 Å². The summed E-state index contributed by atoms with van der Waals surface area (Å²) in [4.78, 5) is 10.7. The molecule has 0 saturated carbocycles.